The number of ether oxygens (including phenoxy) is 1. The minimum absolute atomic E-state index is 0.246. The summed E-state index contributed by atoms with van der Waals surface area (Å²) in [7, 11) is 0. The lowest BCUT2D eigenvalue weighted by Crippen LogP contribution is -2.17. The van der Waals surface area contributed by atoms with E-state index in [9.17, 15) is 4.79 Å². The van der Waals surface area contributed by atoms with Gasteiger partial charge in [-0.2, -0.15) is 0 Å². The van der Waals surface area contributed by atoms with E-state index in [2.05, 4.69) is 19.9 Å². The molecule has 126 valence electrons. The number of carbonyl (C=O) groups excluding carboxylic acids is 1. The molecule has 0 N–H and O–H groups in total. The van der Waals surface area contributed by atoms with E-state index in [4.69, 9.17) is 4.74 Å². The Bertz CT molecular complexity index is 381. The number of allylic oxidation sites excluding steroid dienone is 3. The molecule has 0 radical (unpaired) electrons. The normalized spacial score (nSPS) is 24.5. The van der Waals surface area contributed by atoms with Gasteiger partial charge in [0.15, 0.2) is 0 Å². The van der Waals surface area contributed by atoms with Crippen molar-refractivity contribution in [1.82, 2.24) is 0 Å². The molecule has 0 heterocycles. The lowest BCUT2D eigenvalue weighted by atomic mass is 9.77. The molecule has 1 saturated carbocycles. The quantitative estimate of drug-likeness (QED) is 0.327. The standard InChI is InChI=1S/C20H34O2/c1-5-22-20(21)15-17(3)10-8-9-16(2)13-14-19-12-7-6-11-18(19)4/h8,10,15-16,18-19H,5-7,9,11-14H2,1-4H3. The largest absolute Gasteiger partial charge is 0.463 e. The molecular formula is C20H34O2. The van der Waals surface area contributed by atoms with Crippen LogP contribution in [0.2, 0.25) is 0 Å². The molecule has 3 unspecified atom stereocenters. The fraction of sp³-hybridized carbons (Fsp3) is 0.750. The van der Waals surface area contributed by atoms with Crippen LogP contribution in [0.5, 0.6) is 0 Å². The second kappa shape index (κ2) is 10.6. The Morgan fingerprint density at radius 3 is 2.73 bits per heavy atom. The maximum Gasteiger partial charge on any atom is 0.330 e. The summed E-state index contributed by atoms with van der Waals surface area (Å²) in [5.74, 6) is 2.35. The molecular weight excluding hydrogens is 272 g/mol. The van der Waals surface area contributed by atoms with Crippen LogP contribution in [0.3, 0.4) is 0 Å². The number of carbonyl (C=O) groups is 1. The Morgan fingerprint density at radius 1 is 1.32 bits per heavy atom. The zero-order valence-corrected chi connectivity index (χ0v) is 14.9. The molecule has 22 heavy (non-hydrogen) atoms. The summed E-state index contributed by atoms with van der Waals surface area (Å²) < 4.78 is 4.91. The third-order valence-corrected chi connectivity index (χ3v) is 4.87. The van der Waals surface area contributed by atoms with Crippen molar-refractivity contribution >= 4 is 5.97 Å². The molecule has 1 aliphatic carbocycles. The molecule has 0 amide bonds. The Labute approximate surface area is 137 Å². The molecule has 2 nitrogen and oxygen atoms in total. The van der Waals surface area contributed by atoms with Gasteiger partial charge in [-0.05, 0) is 50.0 Å². The molecule has 0 aliphatic heterocycles. The summed E-state index contributed by atoms with van der Waals surface area (Å²) in [6, 6.07) is 0. The van der Waals surface area contributed by atoms with Crippen LogP contribution in [0.1, 0.15) is 72.6 Å². The highest BCUT2D eigenvalue weighted by atomic mass is 16.5. The van der Waals surface area contributed by atoms with Gasteiger partial charge in [-0.15, -0.1) is 0 Å². The Morgan fingerprint density at radius 2 is 2.05 bits per heavy atom. The zero-order valence-electron chi connectivity index (χ0n) is 14.9. The van der Waals surface area contributed by atoms with Crippen LogP contribution in [-0.2, 0) is 9.53 Å². The SMILES string of the molecule is CCOC(=O)C=C(C)C=CCC(C)CCC1CCCCC1C. The lowest BCUT2D eigenvalue weighted by molar-refractivity contribution is -0.137. The van der Waals surface area contributed by atoms with Crippen molar-refractivity contribution < 1.29 is 9.53 Å². The first-order valence-corrected chi connectivity index (χ1v) is 9.04. The van der Waals surface area contributed by atoms with E-state index in [1.54, 1.807) is 6.08 Å². The average molecular weight is 306 g/mol. The minimum Gasteiger partial charge on any atom is -0.463 e. The average Bonchev–Trinajstić information content (AvgIpc) is 2.46. The molecule has 0 bridgehead atoms. The first-order valence-electron chi connectivity index (χ1n) is 9.04. The van der Waals surface area contributed by atoms with Gasteiger partial charge in [-0.25, -0.2) is 4.79 Å². The van der Waals surface area contributed by atoms with Gasteiger partial charge in [0.2, 0.25) is 0 Å². The maximum atomic E-state index is 11.3. The van der Waals surface area contributed by atoms with Crippen molar-refractivity contribution in [3.8, 4) is 0 Å². The highest BCUT2D eigenvalue weighted by Crippen LogP contribution is 2.33. The molecule has 0 spiro atoms. The van der Waals surface area contributed by atoms with Crippen molar-refractivity contribution in [2.75, 3.05) is 6.61 Å². The molecule has 1 fully saturated rings. The maximum absolute atomic E-state index is 11.3. The van der Waals surface area contributed by atoms with Gasteiger partial charge in [0.05, 0.1) is 6.61 Å². The van der Waals surface area contributed by atoms with Crippen molar-refractivity contribution in [3.63, 3.8) is 0 Å². The van der Waals surface area contributed by atoms with E-state index in [0.717, 1.165) is 29.7 Å². The van der Waals surface area contributed by atoms with E-state index in [1.807, 2.05) is 19.9 Å². The third-order valence-electron chi connectivity index (χ3n) is 4.87. The first-order chi connectivity index (χ1) is 10.5. The molecule has 0 aromatic carbocycles. The van der Waals surface area contributed by atoms with Crippen LogP contribution in [0.4, 0.5) is 0 Å². The van der Waals surface area contributed by atoms with E-state index >= 15 is 0 Å². The van der Waals surface area contributed by atoms with Crippen molar-refractivity contribution in [2.24, 2.45) is 17.8 Å². The summed E-state index contributed by atoms with van der Waals surface area (Å²) >= 11 is 0. The fourth-order valence-corrected chi connectivity index (χ4v) is 3.34. The molecule has 1 aliphatic rings. The van der Waals surface area contributed by atoms with Gasteiger partial charge in [0.1, 0.15) is 0 Å². The van der Waals surface area contributed by atoms with Crippen LogP contribution in [-0.4, -0.2) is 12.6 Å². The van der Waals surface area contributed by atoms with Gasteiger partial charge in [-0.3, -0.25) is 0 Å². The molecule has 1 rings (SSSR count). The minimum atomic E-state index is -0.246. The topological polar surface area (TPSA) is 26.3 Å². The highest BCUT2D eigenvalue weighted by Gasteiger charge is 2.21. The molecule has 0 aromatic heterocycles. The summed E-state index contributed by atoms with van der Waals surface area (Å²) in [5, 5.41) is 0. The van der Waals surface area contributed by atoms with E-state index in [-0.39, 0.29) is 5.97 Å². The van der Waals surface area contributed by atoms with Crippen molar-refractivity contribution in [3.05, 3.63) is 23.8 Å². The highest BCUT2D eigenvalue weighted by molar-refractivity contribution is 5.83. The van der Waals surface area contributed by atoms with E-state index < -0.39 is 0 Å². The summed E-state index contributed by atoms with van der Waals surface area (Å²) in [6.07, 6.45) is 15.3. The Kier molecular flexibility index (Phi) is 9.19. The third kappa shape index (κ3) is 7.82. The van der Waals surface area contributed by atoms with Gasteiger partial charge >= 0.3 is 5.97 Å². The Hall–Kier alpha value is -1.05. The van der Waals surface area contributed by atoms with Crippen LogP contribution in [0.25, 0.3) is 0 Å². The van der Waals surface area contributed by atoms with E-state index in [1.165, 1.54) is 38.5 Å². The molecule has 0 saturated heterocycles. The van der Waals surface area contributed by atoms with Gasteiger partial charge in [0.25, 0.3) is 0 Å². The smallest absolute Gasteiger partial charge is 0.330 e. The van der Waals surface area contributed by atoms with Crippen LogP contribution in [0.15, 0.2) is 23.8 Å². The van der Waals surface area contributed by atoms with Gasteiger partial charge < -0.3 is 4.74 Å². The Balaban J connectivity index is 2.25. The van der Waals surface area contributed by atoms with Crippen LogP contribution >= 0.6 is 0 Å². The molecule has 3 atom stereocenters. The summed E-state index contributed by atoms with van der Waals surface area (Å²) in [5.41, 5.74) is 0.964. The van der Waals surface area contributed by atoms with Gasteiger partial charge in [0, 0.05) is 6.08 Å². The first kappa shape index (κ1) is 19.0. The van der Waals surface area contributed by atoms with E-state index in [0.29, 0.717) is 6.61 Å². The number of hydrogen-bond donors (Lipinski definition) is 0. The fourth-order valence-electron chi connectivity index (χ4n) is 3.34. The summed E-state index contributed by atoms with van der Waals surface area (Å²) in [4.78, 5) is 11.3. The van der Waals surface area contributed by atoms with Gasteiger partial charge in [-0.1, -0.05) is 58.1 Å². The van der Waals surface area contributed by atoms with Crippen molar-refractivity contribution in [2.45, 2.75) is 72.6 Å². The van der Waals surface area contributed by atoms with Crippen LogP contribution < -0.4 is 0 Å². The van der Waals surface area contributed by atoms with Crippen LogP contribution in [0, 0.1) is 17.8 Å². The zero-order chi connectivity index (χ0) is 16.4. The molecule has 0 aromatic rings. The second-order valence-corrected chi connectivity index (χ2v) is 6.98. The molecule has 2 heteroatoms. The predicted octanol–water partition coefficient (Wildman–Crippen LogP) is 5.68. The number of esters is 1. The number of hydrogen-bond acceptors (Lipinski definition) is 2. The second-order valence-electron chi connectivity index (χ2n) is 6.98. The lowest BCUT2D eigenvalue weighted by Gasteiger charge is -2.29. The number of rotatable bonds is 8. The summed E-state index contributed by atoms with van der Waals surface area (Å²) in [6.45, 7) is 8.97. The van der Waals surface area contributed by atoms with Crippen molar-refractivity contribution in [1.29, 1.82) is 0 Å². The monoisotopic (exact) mass is 306 g/mol. The predicted molar refractivity (Wildman–Crippen MR) is 93.7 cm³/mol.